The van der Waals surface area contributed by atoms with Crippen molar-refractivity contribution >= 4 is 17.1 Å². The highest BCUT2D eigenvalue weighted by Crippen LogP contribution is 2.38. The lowest BCUT2D eigenvalue weighted by atomic mass is 9.82. The Kier molecular flexibility index (Phi) is 4.58. The van der Waals surface area contributed by atoms with Gasteiger partial charge in [-0.15, -0.1) is 0 Å². The molecule has 1 aliphatic heterocycles. The van der Waals surface area contributed by atoms with E-state index in [0.29, 0.717) is 24.7 Å². The third-order valence-corrected chi connectivity index (χ3v) is 5.97. The van der Waals surface area contributed by atoms with Gasteiger partial charge in [0.2, 0.25) is 5.95 Å². The van der Waals surface area contributed by atoms with Gasteiger partial charge in [0.05, 0.1) is 42.1 Å². The maximum Gasteiger partial charge on any atom is 0.227 e. The third-order valence-electron chi connectivity index (χ3n) is 5.97. The number of aryl methyl sites for hydroxylation is 3. The Balaban J connectivity index is 1.53. The Hall–Kier alpha value is -2.74. The molecular weight excluding hydrogens is 366 g/mol. The van der Waals surface area contributed by atoms with Crippen molar-refractivity contribution < 1.29 is 4.74 Å². The van der Waals surface area contributed by atoms with Gasteiger partial charge in [0, 0.05) is 18.0 Å². The number of aromatic nitrogens is 6. The molecule has 4 heterocycles. The monoisotopic (exact) mass is 391 g/mol. The first-order chi connectivity index (χ1) is 14.1. The maximum atomic E-state index is 6.01. The Morgan fingerprint density at radius 1 is 1.03 bits per heavy atom. The summed E-state index contributed by atoms with van der Waals surface area (Å²) in [6, 6.07) is 2.03. The Morgan fingerprint density at radius 3 is 2.62 bits per heavy atom. The molecule has 0 N–H and O–H groups in total. The van der Waals surface area contributed by atoms with Crippen molar-refractivity contribution in [1.82, 2.24) is 30.1 Å². The van der Waals surface area contributed by atoms with Crippen LogP contribution in [0.25, 0.3) is 11.2 Å². The second kappa shape index (κ2) is 7.26. The van der Waals surface area contributed by atoms with Crippen LogP contribution in [0.2, 0.25) is 0 Å². The predicted molar refractivity (Wildman–Crippen MR) is 109 cm³/mol. The fourth-order valence-electron chi connectivity index (χ4n) is 3.93. The SMILES string of the molecule is Cc1cc([C@@H]2CN(c3nc(C4CCC4)c4nc(C)c(C)nc4n3)CCO2)cnn1. The van der Waals surface area contributed by atoms with Crippen LogP contribution in [-0.4, -0.2) is 49.8 Å². The molecular formula is C21H25N7O. The van der Waals surface area contributed by atoms with Crippen molar-refractivity contribution in [3.8, 4) is 0 Å². The van der Waals surface area contributed by atoms with E-state index in [9.17, 15) is 0 Å². The number of hydrogen-bond acceptors (Lipinski definition) is 8. The number of anilines is 1. The Labute approximate surface area is 169 Å². The van der Waals surface area contributed by atoms with Crippen LogP contribution < -0.4 is 4.90 Å². The van der Waals surface area contributed by atoms with Gasteiger partial charge in [-0.3, -0.25) is 0 Å². The van der Waals surface area contributed by atoms with Gasteiger partial charge in [-0.25, -0.2) is 15.0 Å². The van der Waals surface area contributed by atoms with Crippen LogP contribution in [0.5, 0.6) is 0 Å². The normalized spacial score (nSPS) is 20.1. The lowest BCUT2D eigenvalue weighted by Crippen LogP contribution is -2.39. The number of morpholine rings is 1. The Bertz CT molecular complexity index is 1070. The van der Waals surface area contributed by atoms with Crippen LogP contribution in [-0.2, 0) is 4.74 Å². The first-order valence-corrected chi connectivity index (χ1v) is 10.3. The minimum Gasteiger partial charge on any atom is -0.370 e. The first-order valence-electron chi connectivity index (χ1n) is 10.3. The lowest BCUT2D eigenvalue weighted by Gasteiger charge is -2.34. The van der Waals surface area contributed by atoms with Gasteiger partial charge in [0.25, 0.3) is 0 Å². The summed E-state index contributed by atoms with van der Waals surface area (Å²) in [6.45, 7) is 7.97. The summed E-state index contributed by atoms with van der Waals surface area (Å²) in [5, 5.41) is 8.12. The van der Waals surface area contributed by atoms with Gasteiger partial charge in [0.1, 0.15) is 11.6 Å². The molecule has 0 aromatic carbocycles. The summed E-state index contributed by atoms with van der Waals surface area (Å²) in [7, 11) is 0. The van der Waals surface area contributed by atoms with E-state index < -0.39 is 0 Å². The molecule has 0 spiro atoms. The standard InChI is InChI=1S/C21H25N7O/c1-12-9-16(10-22-27-12)17-11-28(7-8-29-17)21-25-18(15-5-4-6-15)19-20(26-21)24-14(3)13(2)23-19/h9-10,15,17H,4-8,11H2,1-3H3/t17-/m0/s1. The molecule has 2 aliphatic rings. The van der Waals surface area contributed by atoms with Crippen molar-refractivity contribution in [2.45, 2.75) is 52.1 Å². The highest BCUT2D eigenvalue weighted by molar-refractivity contribution is 5.75. The van der Waals surface area contributed by atoms with Gasteiger partial charge < -0.3 is 9.64 Å². The zero-order valence-electron chi connectivity index (χ0n) is 17.1. The highest BCUT2D eigenvalue weighted by atomic mass is 16.5. The molecule has 1 atom stereocenters. The first kappa shape index (κ1) is 18.3. The van der Waals surface area contributed by atoms with Crippen molar-refractivity contribution in [3.63, 3.8) is 0 Å². The number of nitrogens with zero attached hydrogens (tertiary/aromatic N) is 7. The average Bonchev–Trinajstić information content (AvgIpc) is 2.68. The van der Waals surface area contributed by atoms with Crippen LogP contribution in [0.3, 0.4) is 0 Å². The van der Waals surface area contributed by atoms with E-state index in [-0.39, 0.29) is 6.10 Å². The summed E-state index contributed by atoms with van der Waals surface area (Å²) in [5.74, 6) is 1.18. The van der Waals surface area contributed by atoms with Crippen LogP contribution in [0.4, 0.5) is 5.95 Å². The number of rotatable bonds is 3. The van der Waals surface area contributed by atoms with Crippen LogP contribution in [0.15, 0.2) is 12.3 Å². The molecule has 150 valence electrons. The topological polar surface area (TPSA) is 89.8 Å². The smallest absolute Gasteiger partial charge is 0.227 e. The zero-order valence-corrected chi connectivity index (χ0v) is 17.1. The minimum absolute atomic E-state index is 0.0739. The van der Waals surface area contributed by atoms with Crippen LogP contribution >= 0.6 is 0 Å². The largest absolute Gasteiger partial charge is 0.370 e. The molecule has 5 rings (SSSR count). The Morgan fingerprint density at radius 2 is 1.86 bits per heavy atom. The van der Waals surface area contributed by atoms with Crippen molar-refractivity contribution in [2.75, 3.05) is 24.6 Å². The molecule has 1 aliphatic carbocycles. The van der Waals surface area contributed by atoms with E-state index in [1.807, 2.05) is 26.8 Å². The summed E-state index contributed by atoms with van der Waals surface area (Å²) in [5.41, 5.74) is 6.40. The van der Waals surface area contributed by atoms with Gasteiger partial charge >= 0.3 is 0 Å². The molecule has 0 radical (unpaired) electrons. The maximum absolute atomic E-state index is 6.01. The molecule has 8 heteroatoms. The second-order valence-electron chi connectivity index (χ2n) is 8.04. The summed E-state index contributed by atoms with van der Waals surface area (Å²) in [4.78, 5) is 21.5. The highest BCUT2D eigenvalue weighted by Gasteiger charge is 2.29. The fraction of sp³-hybridized carbons (Fsp3) is 0.524. The molecule has 1 saturated carbocycles. The van der Waals surface area contributed by atoms with E-state index in [2.05, 4.69) is 15.1 Å². The summed E-state index contributed by atoms with van der Waals surface area (Å²) in [6.07, 6.45) is 5.27. The molecule has 0 unspecified atom stereocenters. The van der Waals surface area contributed by atoms with Gasteiger partial charge in [-0.05, 0) is 39.7 Å². The zero-order chi connectivity index (χ0) is 20.0. The van der Waals surface area contributed by atoms with E-state index in [1.165, 1.54) is 6.42 Å². The molecule has 3 aromatic heterocycles. The number of hydrogen-bond donors (Lipinski definition) is 0. The molecule has 29 heavy (non-hydrogen) atoms. The van der Waals surface area contributed by atoms with E-state index in [1.54, 1.807) is 6.20 Å². The van der Waals surface area contributed by atoms with Crippen molar-refractivity contribution in [3.05, 3.63) is 40.6 Å². The second-order valence-corrected chi connectivity index (χ2v) is 8.04. The van der Waals surface area contributed by atoms with Crippen molar-refractivity contribution in [2.24, 2.45) is 0 Å². The number of ether oxygens (including phenoxy) is 1. The van der Waals surface area contributed by atoms with E-state index in [0.717, 1.165) is 59.2 Å². The number of fused-ring (bicyclic) bond motifs is 1. The predicted octanol–water partition coefficient (Wildman–Crippen LogP) is 2.98. The third kappa shape index (κ3) is 3.42. The van der Waals surface area contributed by atoms with Gasteiger partial charge in [0.15, 0.2) is 5.65 Å². The van der Waals surface area contributed by atoms with Gasteiger partial charge in [-0.2, -0.15) is 15.2 Å². The van der Waals surface area contributed by atoms with E-state index in [4.69, 9.17) is 24.7 Å². The average molecular weight is 391 g/mol. The molecule has 0 amide bonds. The molecule has 3 aromatic rings. The summed E-state index contributed by atoms with van der Waals surface area (Å²) >= 11 is 0. The van der Waals surface area contributed by atoms with E-state index >= 15 is 0 Å². The minimum atomic E-state index is -0.0739. The quantitative estimate of drug-likeness (QED) is 0.673. The molecule has 0 bridgehead atoms. The van der Waals surface area contributed by atoms with Crippen LogP contribution in [0, 0.1) is 20.8 Å². The fourth-order valence-corrected chi connectivity index (χ4v) is 3.93. The molecule has 2 fully saturated rings. The molecule has 8 nitrogen and oxygen atoms in total. The van der Waals surface area contributed by atoms with Gasteiger partial charge in [-0.1, -0.05) is 6.42 Å². The molecule has 1 saturated heterocycles. The van der Waals surface area contributed by atoms with Crippen LogP contribution in [0.1, 0.15) is 59.6 Å². The summed E-state index contributed by atoms with van der Waals surface area (Å²) < 4.78 is 6.01. The van der Waals surface area contributed by atoms with Crippen molar-refractivity contribution in [1.29, 1.82) is 0 Å². The lowest BCUT2D eigenvalue weighted by molar-refractivity contribution is 0.0388.